The molecule has 0 radical (unpaired) electrons. The number of amides is 2. The third kappa shape index (κ3) is 2.23. The second-order valence-electron chi connectivity index (χ2n) is 5.02. The lowest BCUT2D eigenvalue weighted by atomic mass is 10.1. The van der Waals surface area contributed by atoms with E-state index in [-0.39, 0.29) is 17.9 Å². The molecule has 7 heteroatoms. The number of thiazole rings is 1. The number of carbonyl (C=O) groups excluding carboxylic acids is 2. The summed E-state index contributed by atoms with van der Waals surface area (Å²) in [7, 11) is 0. The number of imidazole rings is 1. The summed E-state index contributed by atoms with van der Waals surface area (Å²) in [4.78, 5) is 28.3. The molecule has 1 saturated heterocycles. The van der Waals surface area contributed by atoms with E-state index in [9.17, 15) is 9.59 Å². The standard InChI is InChI=1S/C13H16N4O2S/c1-7-6-20-13-15-8(2)10(17(7)13)5-14-9-3-4-11(18)16-12(9)19/h6,9,14H,3-5H2,1-2H3,(H,16,18,19). The predicted octanol–water partition coefficient (Wildman–Crippen LogP) is 0.907. The number of carbonyl (C=O) groups is 2. The normalized spacial score (nSPS) is 19.6. The molecule has 20 heavy (non-hydrogen) atoms. The second-order valence-corrected chi connectivity index (χ2v) is 5.86. The van der Waals surface area contributed by atoms with Crippen molar-refractivity contribution in [3.63, 3.8) is 0 Å². The Morgan fingerprint density at radius 2 is 2.30 bits per heavy atom. The molecule has 3 heterocycles. The minimum atomic E-state index is -0.309. The zero-order valence-electron chi connectivity index (χ0n) is 11.4. The number of hydrogen-bond donors (Lipinski definition) is 2. The molecular weight excluding hydrogens is 276 g/mol. The monoisotopic (exact) mass is 292 g/mol. The number of hydrogen-bond acceptors (Lipinski definition) is 5. The smallest absolute Gasteiger partial charge is 0.243 e. The minimum absolute atomic E-state index is 0.190. The van der Waals surface area contributed by atoms with Gasteiger partial charge in [-0.05, 0) is 20.3 Å². The van der Waals surface area contributed by atoms with Crippen LogP contribution in [0.4, 0.5) is 0 Å². The Morgan fingerprint density at radius 3 is 3.05 bits per heavy atom. The van der Waals surface area contributed by atoms with Crippen LogP contribution in [0.3, 0.4) is 0 Å². The van der Waals surface area contributed by atoms with E-state index in [1.165, 1.54) is 0 Å². The van der Waals surface area contributed by atoms with E-state index >= 15 is 0 Å². The third-order valence-electron chi connectivity index (χ3n) is 3.58. The van der Waals surface area contributed by atoms with Crippen molar-refractivity contribution in [3.8, 4) is 0 Å². The van der Waals surface area contributed by atoms with Gasteiger partial charge in [0, 0.05) is 24.0 Å². The van der Waals surface area contributed by atoms with Crippen LogP contribution in [-0.2, 0) is 16.1 Å². The first-order chi connectivity index (χ1) is 9.56. The topological polar surface area (TPSA) is 75.5 Å². The van der Waals surface area contributed by atoms with Crippen LogP contribution >= 0.6 is 11.3 Å². The molecule has 0 saturated carbocycles. The Balaban J connectivity index is 1.77. The van der Waals surface area contributed by atoms with Crippen molar-refractivity contribution in [1.29, 1.82) is 0 Å². The third-order valence-corrected chi connectivity index (χ3v) is 4.53. The summed E-state index contributed by atoms with van der Waals surface area (Å²) in [6.07, 6.45) is 0.940. The van der Waals surface area contributed by atoms with Gasteiger partial charge in [0.05, 0.1) is 17.4 Å². The van der Waals surface area contributed by atoms with Crippen LogP contribution in [0.25, 0.3) is 4.96 Å². The van der Waals surface area contributed by atoms with Crippen molar-refractivity contribution in [2.45, 2.75) is 39.3 Å². The first kappa shape index (κ1) is 13.3. The maximum atomic E-state index is 11.7. The summed E-state index contributed by atoms with van der Waals surface area (Å²) < 4.78 is 2.11. The molecule has 2 N–H and O–H groups in total. The van der Waals surface area contributed by atoms with E-state index in [4.69, 9.17) is 0 Å². The van der Waals surface area contributed by atoms with Gasteiger partial charge in [0.1, 0.15) is 0 Å². The van der Waals surface area contributed by atoms with E-state index < -0.39 is 0 Å². The van der Waals surface area contributed by atoms with E-state index in [2.05, 4.69) is 25.4 Å². The Kier molecular flexibility index (Phi) is 3.31. The van der Waals surface area contributed by atoms with Crippen LogP contribution in [0, 0.1) is 13.8 Å². The summed E-state index contributed by atoms with van der Waals surface area (Å²) in [5, 5.41) is 7.65. The number of aryl methyl sites for hydroxylation is 2. The first-order valence-electron chi connectivity index (χ1n) is 6.55. The second kappa shape index (κ2) is 4.99. The summed E-state index contributed by atoms with van der Waals surface area (Å²) >= 11 is 1.61. The van der Waals surface area contributed by atoms with Crippen molar-refractivity contribution < 1.29 is 9.59 Å². The molecule has 1 aliphatic heterocycles. The van der Waals surface area contributed by atoms with Gasteiger partial charge in [-0.3, -0.25) is 19.3 Å². The number of piperidine rings is 1. The van der Waals surface area contributed by atoms with Crippen LogP contribution in [0.1, 0.15) is 29.9 Å². The summed E-state index contributed by atoms with van der Waals surface area (Å²) in [5.74, 6) is -0.425. The van der Waals surface area contributed by atoms with Crippen molar-refractivity contribution in [2.75, 3.05) is 0 Å². The van der Waals surface area contributed by atoms with Crippen LogP contribution in [0.5, 0.6) is 0 Å². The SMILES string of the molecule is Cc1nc2scc(C)n2c1CNC1CCC(=O)NC1=O. The summed E-state index contributed by atoms with van der Waals surface area (Å²) in [5.41, 5.74) is 3.19. The fourth-order valence-electron chi connectivity index (χ4n) is 2.48. The molecule has 1 atom stereocenters. The Morgan fingerprint density at radius 1 is 1.50 bits per heavy atom. The molecule has 0 bridgehead atoms. The van der Waals surface area contributed by atoms with Gasteiger partial charge in [-0.1, -0.05) is 0 Å². The predicted molar refractivity (Wildman–Crippen MR) is 75.6 cm³/mol. The number of fused-ring (bicyclic) bond motifs is 1. The summed E-state index contributed by atoms with van der Waals surface area (Å²) in [6.45, 7) is 4.58. The zero-order chi connectivity index (χ0) is 14.3. The number of nitrogens with one attached hydrogen (secondary N) is 2. The van der Waals surface area contributed by atoms with Gasteiger partial charge in [0.25, 0.3) is 0 Å². The largest absolute Gasteiger partial charge is 0.300 e. The average molecular weight is 292 g/mol. The zero-order valence-corrected chi connectivity index (χ0v) is 12.2. The average Bonchev–Trinajstić information content (AvgIpc) is 2.89. The van der Waals surface area contributed by atoms with Gasteiger partial charge in [0.2, 0.25) is 11.8 Å². The van der Waals surface area contributed by atoms with Gasteiger partial charge in [-0.2, -0.15) is 0 Å². The van der Waals surface area contributed by atoms with Crippen molar-refractivity contribution >= 4 is 28.1 Å². The van der Waals surface area contributed by atoms with Crippen molar-refractivity contribution in [3.05, 3.63) is 22.5 Å². The van der Waals surface area contributed by atoms with Crippen LogP contribution in [0.2, 0.25) is 0 Å². The van der Waals surface area contributed by atoms with Crippen molar-refractivity contribution in [1.82, 2.24) is 20.0 Å². The lowest BCUT2D eigenvalue weighted by Crippen LogP contribution is -2.50. The first-order valence-corrected chi connectivity index (χ1v) is 7.43. The van der Waals surface area contributed by atoms with E-state index in [1.54, 1.807) is 11.3 Å². The maximum absolute atomic E-state index is 11.7. The lowest BCUT2D eigenvalue weighted by molar-refractivity contribution is -0.134. The summed E-state index contributed by atoms with van der Waals surface area (Å²) in [6, 6.07) is -0.309. The minimum Gasteiger partial charge on any atom is -0.300 e. The van der Waals surface area contributed by atoms with E-state index in [0.29, 0.717) is 19.4 Å². The number of nitrogens with zero attached hydrogens (tertiary/aromatic N) is 2. The quantitative estimate of drug-likeness (QED) is 0.825. The molecule has 2 aromatic heterocycles. The fourth-order valence-corrected chi connectivity index (χ4v) is 3.41. The molecule has 1 fully saturated rings. The molecule has 1 unspecified atom stereocenters. The van der Waals surface area contributed by atoms with Crippen LogP contribution in [-0.4, -0.2) is 27.2 Å². The molecule has 6 nitrogen and oxygen atoms in total. The Bertz CT molecular complexity index is 688. The maximum Gasteiger partial charge on any atom is 0.243 e. The Hall–Kier alpha value is -1.73. The highest BCUT2D eigenvalue weighted by atomic mass is 32.1. The molecule has 2 amide bonds. The number of aromatic nitrogens is 2. The highest BCUT2D eigenvalue weighted by molar-refractivity contribution is 7.15. The molecule has 3 rings (SSSR count). The highest BCUT2D eigenvalue weighted by Crippen LogP contribution is 2.20. The highest BCUT2D eigenvalue weighted by Gasteiger charge is 2.26. The molecule has 0 aromatic carbocycles. The van der Waals surface area contributed by atoms with Gasteiger partial charge in [-0.25, -0.2) is 4.98 Å². The molecular formula is C13H16N4O2S. The van der Waals surface area contributed by atoms with Gasteiger partial charge in [-0.15, -0.1) is 11.3 Å². The van der Waals surface area contributed by atoms with Crippen molar-refractivity contribution in [2.24, 2.45) is 0 Å². The molecule has 1 aliphatic rings. The molecule has 0 aliphatic carbocycles. The Labute approximate surface area is 120 Å². The molecule has 2 aromatic rings. The van der Waals surface area contributed by atoms with Crippen LogP contribution in [0.15, 0.2) is 5.38 Å². The number of rotatable bonds is 3. The van der Waals surface area contributed by atoms with Crippen LogP contribution < -0.4 is 10.6 Å². The van der Waals surface area contributed by atoms with E-state index in [0.717, 1.165) is 22.0 Å². The van der Waals surface area contributed by atoms with E-state index in [1.807, 2.05) is 13.8 Å². The van der Waals surface area contributed by atoms with Gasteiger partial charge in [0.15, 0.2) is 4.96 Å². The lowest BCUT2D eigenvalue weighted by Gasteiger charge is -2.21. The molecule has 106 valence electrons. The van der Waals surface area contributed by atoms with Gasteiger partial charge < -0.3 is 5.32 Å². The molecule has 0 spiro atoms. The number of imide groups is 1. The fraction of sp³-hybridized carbons (Fsp3) is 0.462. The van der Waals surface area contributed by atoms with Gasteiger partial charge >= 0.3 is 0 Å².